The predicted octanol–water partition coefficient (Wildman–Crippen LogP) is 13.4. The van der Waals surface area contributed by atoms with Crippen LogP contribution in [0.15, 0.2) is 48.6 Å². The number of hydrogen-bond acceptors (Lipinski definition) is 4. The fourth-order valence-electron chi connectivity index (χ4n) is 6.42. The van der Waals surface area contributed by atoms with Gasteiger partial charge in [0, 0.05) is 6.61 Å². The van der Waals surface area contributed by atoms with Crippen molar-refractivity contribution in [2.45, 2.75) is 200 Å². The fourth-order valence-corrected chi connectivity index (χ4v) is 6.42. The lowest BCUT2D eigenvalue weighted by atomic mass is 10.1. The maximum absolute atomic E-state index is 12.5. The first-order valence-corrected chi connectivity index (χ1v) is 21.3. The molecule has 0 N–H and O–H groups in total. The molecule has 49 heavy (non-hydrogen) atoms. The minimum Gasteiger partial charge on any atom is -0.353 e. The second kappa shape index (κ2) is 37.8. The van der Waals surface area contributed by atoms with E-state index in [1.54, 1.807) is 0 Å². The van der Waals surface area contributed by atoms with Crippen LogP contribution in [0.4, 0.5) is 0 Å². The lowest BCUT2D eigenvalue weighted by Crippen LogP contribution is -2.31. The molecule has 284 valence electrons. The van der Waals surface area contributed by atoms with Gasteiger partial charge in [0.1, 0.15) is 6.61 Å². The number of unbranched alkanes of at least 4 members (excludes halogenated alkanes) is 19. The van der Waals surface area contributed by atoms with Crippen molar-refractivity contribution in [1.82, 2.24) is 4.90 Å². The quantitative estimate of drug-likeness (QED) is 0.0371. The number of Topliss-reactive ketones (excluding diaryl/α,β-unsaturated/α-hetero) is 1. The van der Waals surface area contributed by atoms with Crippen molar-refractivity contribution in [2.24, 2.45) is 0 Å². The van der Waals surface area contributed by atoms with Crippen LogP contribution < -0.4 is 0 Å². The number of ketones is 1. The Morgan fingerprint density at radius 3 is 1.45 bits per heavy atom. The number of nitrogens with zero attached hydrogens (tertiary/aromatic N) is 1. The van der Waals surface area contributed by atoms with Crippen molar-refractivity contribution in [3.05, 3.63) is 48.6 Å². The van der Waals surface area contributed by atoms with Crippen LogP contribution in [0.3, 0.4) is 0 Å². The molecular formula is C45H81NO3. The monoisotopic (exact) mass is 684 g/mol. The van der Waals surface area contributed by atoms with Crippen LogP contribution in [0.1, 0.15) is 194 Å². The Labute approximate surface area is 305 Å². The van der Waals surface area contributed by atoms with Gasteiger partial charge in [-0.3, -0.25) is 9.69 Å². The van der Waals surface area contributed by atoms with Crippen LogP contribution >= 0.6 is 0 Å². The standard InChI is InChI=1S/C45H81NO3/c1-3-5-7-9-11-13-15-17-19-21-22-24-26-28-30-32-34-38-45(49-43-44(47)42-46-39-35-36-40-46)48-41-37-33-31-29-27-25-23-20-18-16-14-12-10-8-6-4-2/h11-14,17-20,45H,3-10,15-16,21-43H2,1-2H3. The molecule has 0 amide bonds. The van der Waals surface area contributed by atoms with Gasteiger partial charge in [-0.25, -0.2) is 0 Å². The van der Waals surface area contributed by atoms with Crippen molar-refractivity contribution in [3.8, 4) is 0 Å². The maximum atomic E-state index is 12.5. The first-order chi connectivity index (χ1) is 24.3. The minimum absolute atomic E-state index is 0.189. The van der Waals surface area contributed by atoms with Gasteiger partial charge in [0.05, 0.1) is 6.54 Å². The third-order valence-corrected chi connectivity index (χ3v) is 9.57. The Bertz CT molecular complexity index is 760. The largest absolute Gasteiger partial charge is 0.353 e. The van der Waals surface area contributed by atoms with Crippen molar-refractivity contribution in [3.63, 3.8) is 0 Å². The lowest BCUT2D eigenvalue weighted by Gasteiger charge is -2.19. The van der Waals surface area contributed by atoms with Crippen LogP contribution in [0.25, 0.3) is 0 Å². The van der Waals surface area contributed by atoms with Crippen LogP contribution in [0.5, 0.6) is 0 Å². The van der Waals surface area contributed by atoms with Gasteiger partial charge in [0.15, 0.2) is 12.1 Å². The zero-order valence-electron chi connectivity index (χ0n) is 32.7. The molecule has 1 saturated heterocycles. The Balaban J connectivity index is 2.10. The molecule has 1 rings (SSSR count). The average Bonchev–Trinajstić information content (AvgIpc) is 3.62. The fraction of sp³-hybridized carbons (Fsp3) is 0.800. The Morgan fingerprint density at radius 1 is 0.531 bits per heavy atom. The van der Waals surface area contributed by atoms with E-state index in [1.165, 1.54) is 148 Å². The van der Waals surface area contributed by atoms with E-state index in [4.69, 9.17) is 9.47 Å². The summed E-state index contributed by atoms with van der Waals surface area (Å²) in [6.45, 7) is 8.08. The number of allylic oxidation sites excluding steroid dienone is 8. The highest BCUT2D eigenvalue weighted by Gasteiger charge is 2.17. The average molecular weight is 684 g/mol. The molecule has 4 nitrogen and oxygen atoms in total. The highest BCUT2D eigenvalue weighted by molar-refractivity contribution is 5.81. The predicted molar refractivity (Wildman–Crippen MR) is 214 cm³/mol. The Kier molecular flexibility index (Phi) is 35.1. The third kappa shape index (κ3) is 33.4. The summed E-state index contributed by atoms with van der Waals surface area (Å²) in [5, 5.41) is 0. The van der Waals surface area contributed by atoms with Crippen LogP contribution in [-0.4, -0.2) is 49.8 Å². The molecule has 0 aliphatic carbocycles. The molecule has 1 atom stereocenters. The second-order valence-electron chi connectivity index (χ2n) is 14.4. The number of ether oxygens (including phenoxy) is 2. The molecule has 1 aliphatic heterocycles. The van der Waals surface area contributed by atoms with Crippen molar-refractivity contribution in [1.29, 1.82) is 0 Å². The molecule has 0 saturated carbocycles. The van der Waals surface area contributed by atoms with Crippen molar-refractivity contribution >= 4 is 5.78 Å². The summed E-state index contributed by atoms with van der Waals surface area (Å²) < 4.78 is 12.2. The lowest BCUT2D eigenvalue weighted by molar-refractivity contribution is -0.159. The molecule has 0 radical (unpaired) electrons. The number of carbonyl (C=O) groups excluding carboxylic acids is 1. The highest BCUT2D eigenvalue weighted by atomic mass is 16.7. The van der Waals surface area contributed by atoms with Gasteiger partial charge in [0.2, 0.25) is 0 Å². The van der Waals surface area contributed by atoms with Gasteiger partial charge in [-0.2, -0.15) is 0 Å². The summed E-state index contributed by atoms with van der Waals surface area (Å²) in [6.07, 6.45) is 53.2. The van der Waals surface area contributed by atoms with E-state index < -0.39 is 0 Å². The van der Waals surface area contributed by atoms with Gasteiger partial charge in [-0.1, -0.05) is 146 Å². The van der Waals surface area contributed by atoms with E-state index in [9.17, 15) is 4.79 Å². The highest BCUT2D eigenvalue weighted by Crippen LogP contribution is 2.15. The SMILES string of the molecule is CCCCCC=CCC=CCCCCCCCCCC(OCCCCCCCCC=CCC=CCCCCC)OCC(=O)CN1CCCC1. The summed E-state index contributed by atoms with van der Waals surface area (Å²) in [7, 11) is 0. The Morgan fingerprint density at radius 2 is 0.959 bits per heavy atom. The number of carbonyl (C=O) groups is 1. The molecule has 0 aromatic rings. The normalized spacial score (nSPS) is 14.9. The summed E-state index contributed by atoms with van der Waals surface area (Å²) in [4.78, 5) is 14.8. The molecule has 4 heteroatoms. The van der Waals surface area contributed by atoms with Gasteiger partial charge >= 0.3 is 0 Å². The van der Waals surface area contributed by atoms with E-state index in [0.717, 1.165) is 51.8 Å². The van der Waals surface area contributed by atoms with Gasteiger partial charge in [0.25, 0.3) is 0 Å². The second-order valence-corrected chi connectivity index (χ2v) is 14.4. The molecule has 0 spiro atoms. The van der Waals surface area contributed by atoms with Crippen LogP contribution in [-0.2, 0) is 14.3 Å². The molecule has 1 unspecified atom stereocenters. The van der Waals surface area contributed by atoms with E-state index in [0.29, 0.717) is 6.54 Å². The van der Waals surface area contributed by atoms with Gasteiger partial charge in [-0.05, 0) is 109 Å². The smallest absolute Gasteiger partial charge is 0.172 e. The van der Waals surface area contributed by atoms with Crippen molar-refractivity contribution in [2.75, 3.05) is 32.8 Å². The summed E-state index contributed by atoms with van der Waals surface area (Å²) in [5.74, 6) is 0.193. The Hall–Kier alpha value is -1.49. The number of hydrogen-bond donors (Lipinski definition) is 0. The van der Waals surface area contributed by atoms with Crippen LogP contribution in [0, 0.1) is 0 Å². The van der Waals surface area contributed by atoms with Crippen LogP contribution in [0.2, 0.25) is 0 Å². The molecule has 0 aromatic carbocycles. The maximum Gasteiger partial charge on any atom is 0.172 e. The topological polar surface area (TPSA) is 38.8 Å². The molecule has 1 fully saturated rings. The number of likely N-dealkylation sites (tertiary alicyclic amines) is 1. The van der Waals surface area contributed by atoms with E-state index in [2.05, 4.69) is 67.4 Å². The number of rotatable bonds is 37. The van der Waals surface area contributed by atoms with Crippen molar-refractivity contribution < 1.29 is 14.3 Å². The van der Waals surface area contributed by atoms with E-state index in [-0.39, 0.29) is 18.7 Å². The molecule has 1 heterocycles. The first-order valence-electron chi connectivity index (χ1n) is 21.3. The summed E-state index contributed by atoms with van der Waals surface area (Å²) in [5.41, 5.74) is 0. The van der Waals surface area contributed by atoms with Gasteiger partial charge in [-0.15, -0.1) is 0 Å². The summed E-state index contributed by atoms with van der Waals surface area (Å²) in [6, 6.07) is 0. The van der Waals surface area contributed by atoms with E-state index >= 15 is 0 Å². The zero-order chi connectivity index (χ0) is 35.1. The van der Waals surface area contributed by atoms with E-state index in [1.807, 2.05) is 0 Å². The molecule has 0 aromatic heterocycles. The molecule has 1 aliphatic rings. The molecular weight excluding hydrogens is 602 g/mol. The molecule has 0 bridgehead atoms. The minimum atomic E-state index is -0.238. The summed E-state index contributed by atoms with van der Waals surface area (Å²) >= 11 is 0. The third-order valence-electron chi connectivity index (χ3n) is 9.57. The van der Waals surface area contributed by atoms with Gasteiger partial charge < -0.3 is 9.47 Å². The first kappa shape index (κ1) is 45.5. The zero-order valence-corrected chi connectivity index (χ0v) is 32.7.